The Morgan fingerprint density at radius 2 is 2.30 bits per heavy atom. The summed E-state index contributed by atoms with van der Waals surface area (Å²) < 4.78 is 0. The number of aliphatic carboxylic acids is 1. The molecule has 0 aliphatic carbocycles. The fourth-order valence-electron chi connectivity index (χ4n) is 0.477. The fraction of sp³-hybridized carbons (Fsp3) is 0.500. The lowest BCUT2D eigenvalue weighted by molar-refractivity contribution is -0.144. The smallest absolute Gasteiger partial charge is 0.326 e. The first-order valence-electron chi connectivity index (χ1n) is 2.81. The Labute approximate surface area is 59.0 Å². The number of rotatable bonds is 4. The predicted molar refractivity (Wildman–Crippen MR) is 36.5 cm³/mol. The first-order chi connectivity index (χ1) is 4.56. The highest BCUT2D eigenvalue weighted by Crippen LogP contribution is 2.05. The van der Waals surface area contributed by atoms with Crippen LogP contribution in [0, 0.1) is 0 Å². The largest absolute Gasteiger partial charge is 0.480 e. The molecule has 0 saturated heterocycles. The summed E-state index contributed by atoms with van der Waals surface area (Å²) in [5.74, 6) is -1.21. The first kappa shape index (κ1) is 9.13. The van der Waals surface area contributed by atoms with E-state index in [1.54, 1.807) is 0 Å². The summed E-state index contributed by atoms with van der Waals surface area (Å²) in [6.45, 7) is 2.75. The SMILES string of the molecule is C=CC[C@](N)(CO)C(=O)O. The minimum Gasteiger partial charge on any atom is -0.480 e. The number of aliphatic hydroxyl groups excluding tert-OH is 1. The molecule has 0 amide bonds. The normalized spacial score (nSPS) is 15.8. The van der Waals surface area contributed by atoms with Gasteiger partial charge in [-0.2, -0.15) is 0 Å². The zero-order chi connectivity index (χ0) is 8.20. The van der Waals surface area contributed by atoms with E-state index in [2.05, 4.69) is 6.58 Å². The number of aliphatic hydroxyl groups is 1. The summed E-state index contributed by atoms with van der Waals surface area (Å²) in [4.78, 5) is 10.3. The monoisotopic (exact) mass is 145 g/mol. The minimum absolute atomic E-state index is 0.0683. The van der Waals surface area contributed by atoms with Crippen molar-refractivity contribution < 1.29 is 15.0 Å². The van der Waals surface area contributed by atoms with Gasteiger partial charge in [0.2, 0.25) is 0 Å². The predicted octanol–water partition coefficient (Wildman–Crippen LogP) is -0.663. The number of carboxylic acids is 1. The molecule has 4 heteroatoms. The van der Waals surface area contributed by atoms with Crippen molar-refractivity contribution in [2.24, 2.45) is 5.73 Å². The molecule has 1 atom stereocenters. The van der Waals surface area contributed by atoms with Crippen molar-refractivity contribution >= 4 is 5.97 Å². The van der Waals surface area contributed by atoms with Gasteiger partial charge in [0.15, 0.2) is 0 Å². The van der Waals surface area contributed by atoms with Crippen molar-refractivity contribution in [2.45, 2.75) is 12.0 Å². The van der Waals surface area contributed by atoms with E-state index in [4.69, 9.17) is 15.9 Å². The number of carbonyl (C=O) groups is 1. The third-order valence-corrected chi connectivity index (χ3v) is 1.22. The van der Waals surface area contributed by atoms with Crippen LogP contribution in [0.15, 0.2) is 12.7 Å². The van der Waals surface area contributed by atoms with Crippen LogP contribution >= 0.6 is 0 Å². The van der Waals surface area contributed by atoms with Gasteiger partial charge >= 0.3 is 5.97 Å². The molecule has 0 fully saturated rings. The van der Waals surface area contributed by atoms with Crippen LogP contribution in [0.3, 0.4) is 0 Å². The van der Waals surface area contributed by atoms with E-state index in [0.29, 0.717) is 0 Å². The summed E-state index contributed by atoms with van der Waals surface area (Å²) >= 11 is 0. The molecule has 0 radical (unpaired) electrons. The molecule has 0 bridgehead atoms. The van der Waals surface area contributed by atoms with Crippen LogP contribution in [-0.2, 0) is 4.79 Å². The zero-order valence-corrected chi connectivity index (χ0v) is 5.58. The van der Waals surface area contributed by atoms with Gasteiger partial charge in [0.25, 0.3) is 0 Å². The molecule has 0 unspecified atom stereocenters. The van der Waals surface area contributed by atoms with E-state index in [1.165, 1.54) is 6.08 Å². The van der Waals surface area contributed by atoms with Gasteiger partial charge in [0, 0.05) is 0 Å². The lowest BCUT2D eigenvalue weighted by Crippen LogP contribution is -2.50. The second-order valence-corrected chi connectivity index (χ2v) is 2.11. The van der Waals surface area contributed by atoms with Gasteiger partial charge in [-0.25, -0.2) is 0 Å². The second-order valence-electron chi connectivity index (χ2n) is 2.11. The molecular weight excluding hydrogens is 134 g/mol. The Morgan fingerprint density at radius 3 is 2.40 bits per heavy atom. The Morgan fingerprint density at radius 1 is 1.80 bits per heavy atom. The Bertz CT molecular complexity index is 146. The van der Waals surface area contributed by atoms with Crippen LogP contribution in [0.1, 0.15) is 6.42 Å². The van der Waals surface area contributed by atoms with E-state index in [-0.39, 0.29) is 6.42 Å². The highest BCUT2D eigenvalue weighted by Gasteiger charge is 2.31. The molecule has 4 N–H and O–H groups in total. The lowest BCUT2D eigenvalue weighted by atomic mass is 9.98. The molecule has 0 aliphatic rings. The molecule has 4 nitrogen and oxygen atoms in total. The van der Waals surface area contributed by atoms with Crippen LogP contribution in [0.25, 0.3) is 0 Å². The Kier molecular flexibility index (Phi) is 3.05. The minimum atomic E-state index is -1.55. The average Bonchev–Trinajstić information content (AvgIpc) is 1.88. The lowest BCUT2D eigenvalue weighted by Gasteiger charge is -2.19. The van der Waals surface area contributed by atoms with Crippen LogP contribution in [0.5, 0.6) is 0 Å². The maximum absolute atomic E-state index is 10.3. The second kappa shape index (κ2) is 3.34. The molecule has 0 saturated carbocycles. The van der Waals surface area contributed by atoms with E-state index < -0.39 is 18.1 Å². The molecule has 0 aromatic heterocycles. The summed E-state index contributed by atoms with van der Waals surface area (Å²) in [6, 6.07) is 0. The average molecular weight is 145 g/mol. The summed E-state index contributed by atoms with van der Waals surface area (Å²) in [5.41, 5.74) is 3.68. The molecule has 0 rings (SSSR count). The van der Waals surface area contributed by atoms with Crippen LogP contribution in [-0.4, -0.2) is 28.3 Å². The van der Waals surface area contributed by atoms with E-state index in [0.717, 1.165) is 0 Å². The number of nitrogens with two attached hydrogens (primary N) is 1. The summed E-state index contributed by atoms with van der Waals surface area (Å²) in [6.07, 6.45) is 1.43. The van der Waals surface area contributed by atoms with Gasteiger partial charge in [-0.15, -0.1) is 6.58 Å². The quantitative estimate of drug-likeness (QED) is 0.458. The van der Waals surface area contributed by atoms with Crippen molar-refractivity contribution in [2.75, 3.05) is 6.61 Å². The third-order valence-electron chi connectivity index (χ3n) is 1.22. The van der Waals surface area contributed by atoms with Crippen LogP contribution in [0.2, 0.25) is 0 Å². The van der Waals surface area contributed by atoms with Crippen molar-refractivity contribution in [3.05, 3.63) is 12.7 Å². The van der Waals surface area contributed by atoms with Crippen molar-refractivity contribution in [3.8, 4) is 0 Å². The van der Waals surface area contributed by atoms with Crippen LogP contribution < -0.4 is 5.73 Å². The van der Waals surface area contributed by atoms with Crippen molar-refractivity contribution in [1.29, 1.82) is 0 Å². The Balaban J connectivity index is 4.21. The van der Waals surface area contributed by atoms with Gasteiger partial charge in [-0.05, 0) is 6.42 Å². The molecule has 0 spiro atoms. The van der Waals surface area contributed by atoms with Gasteiger partial charge < -0.3 is 15.9 Å². The molecule has 0 aromatic rings. The van der Waals surface area contributed by atoms with E-state index >= 15 is 0 Å². The number of hydrogen-bond donors (Lipinski definition) is 3. The number of carboxylic acid groups (broad SMARTS) is 1. The topological polar surface area (TPSA) is 83.5 Å². The van der Waals surface area contributed by atoms with Crippen molar-refractivity contribution in [1.82, 2.24) is 0 Å². The summed E-state index contributed by atoms with van der Waals surface area (Å²) in [5, 5.41) is 17.0. The molecule has 0 heterocycles. The molecule has 10 heavy (non-hydrogen) atoms. The Hall–Kier alpha value is -0.870. The molecule has 58 valence electrons. The maximum atomic E-state index is 10.3. The first-order valence-corrected chi connectivity index (χ1v) is 2.81. The molecule has 0 aliphatic heterocycles. The van der Waals surface area contributed by atoms with Crippen LogP contribution in [0.4, 0.5) is 0 Å². The van der Waals surface area contributed by atoms with Crippen molar-refractivity contribution in [3.63, 3.8) is 0 Å². The molecular formula is C6H11NO3. The highest BCUT2D eigenvalue weighted by atomic mass is 16.4. The number of hydrogen-bond acceptors (Lipinski definition) is 3. The fourth-order valence-corrected chi connectivity index (χ4v) is 0.477. The summed E-state index contributed by atoms with van der Waals surface area (Å²) in [7, 11) is 0. The van der Waals surface area contributed by atoms with Gasteiger partial charge in [0.05, 0.1) is 6.61 Å². The van der Waals surface area contributed by atoms with Gasteiger partial charge in [-0.1, -0.05) is 6.08 Å². The third kappa shape index (κ3) is 1.82. The zero-order valence-electron chi connectivity index (χ0n) is 5.58. The maximum Gasteiger partial charge on any atom is 0.326 e. The highest BCUT2D eigenvalue weighted by molar-refractivity contribution is 5.78. The van der Waals surface area contributed by atoms with Gasteiger partial charge in [-0.3, -0.25) is 4.79 Å². The standard InChI is InChI=1S/C6H11NO3/c1-2-3-6(7,4-8)5(9)10/h2,8H,1,3-4,7H2,(H,9,10)/t6-/m0/s1. The van der Waals surface area contributed by atoms with E-state index in [1.807, 2.05) is 0 Å². The van der Waals surface area contributed by atoms with Gasteiger partial charge in [0.1, 0.15) is 5.54 Å². The molecule has 0 aromatic carbocycles. The van der Waals surface area contributed by atoms with E-state index in [9.17, 15) is 4.79 Å².